The Morgan fingerprint density at radius 3 is 3.10 bits per heavy atom. The molecule has 0 unspecified atom stereocenters. The number of pyridine rings is 1. The van der Waals surface area contributed by atoms with Crippen LogP contribution in [0.25, 0.3) is 10.7 Å². The molecule has 0 amide bonds. The minimum absolute atomic E-state index is 0.196. The van der Waals surface area contributed by atoms with E-state index in [1.54, 1.807) is 17.5 Å². The Kier molecular flexibility index (Phi) is 3.75. The van der Waals surface area contributed by atoms with E-state index in [9.17, 15) is 4.79 Å². The molecule has 2 aromatic rings. The maximum Gasteiger partial charge on any atom is 0.304 e. The molecule has 0 spiro atoms. The number of fused-ring (bicyclic) bond motifs is 1. The number of thiazole rings is 1. The highest BCUT2D eigenvalue weighted by molar-refractivity contribution is 7.15. The molecule has 1 aliphatic heterocycles. The first-order chi connectivity index (χ1) is 9.72. The van der Waals surface area contributed by atoms with Crippen LogP contribution in [0.5, 0.6) is 0 Å². The summed E-state index contributed by atoms with van der Waals surface area (Å²) in [5.41, 5.74) is 2.05. The number of carbonyl (C=O) groups is 1. The number of rotatable bonds is 4. The van der Waals surface area contributed by atoms with E-state index in [2.05, 4.69) is 14.9 Å². The molecule has 0 bridgehead atoms. The summed E-state index contributed by atoms with van der Waals surface area (Å²) in [6, 6.07) is 5.82. The number of carboxylic acids is 1. The second kappa shape index (κ2) is 5.68. The van der Waals surface area contributed by atoms with Crippen LogP contribution in [0.3, 0.4) is 0 Å². The molecule has 20 heavy (non-hydrogen) atoms. The standard InChI is InChI=1S/C14H15N3O2S/c18-13(19)5-8-17-7-4-10-12(9-17)20-14(16-10)11-3-1-2-6-15-11/h1-3,6H,4-5,7-9H2,(H,18,19). The Balaban J connectivity index is 1.74. The molecule has 5 nitrogen and oxygen atoms in total. The van der Waals surface area contributed by atoms with Gasteiger partial charge in [0.1, 0.15) is 5.01 Å². The lowest BCUT2D eigenvalue weighted by atomic mass is 10.1. The van der Waals surface area contributed by atoms with Gasteiger partial charge in [0.05, 0.1) is 17.8 Å². The highest BCUT2D eigenvalue weighted by atomic mass is 32.1. The summed E-state index contributed by atoms with van der Waals surface area (Å²) in [6.45, 7) is 2.28. The van der Waals surface area contributed by atoms with Crippen LogP contribution >= 0.6 is 11.3 Å². The Hall–Kier alpha value is -1.79. The monoisotopic (exact) mass is 289 g/mol. The quantitative estimate of drug-likeness (QED) is 0.933. The zero-order valence-electron chi connectivity index (χ0n) is 11.0. The summed E-state index contributed by atoms with van der Waals surface area (Å²) >= 11 is 1.66. The van der Waals surface area contributed by atoms with E-state index in [1.807, 2.05) is 18.2 Å². The number of aromatic nitrogens is 2. The first kappa shape index (κ1) is 13.2. The van der Waals surface area contributed by atoms with Gasteiger partial charge in [0, 0.05) is 37.1 Å². The van der Waals surface area contributed by atoms with Crippen molar-refractivity contribution in [3.8, 4) is 10.7 Å². The molecule has 0 aromatic carbocycles. The lowest BCUT2D eigenvalue weighted by molar-refractivity contribution is -0.137. The van der Waals surface area contributed by atoms with Crippen molar-refractivity contribution in [2.45, 2.75) is 19.4 Å². The van der Waals surface area contributed by atoms with Gasteiger partial charge >= 0.3 is 5.97 Å². The third kappa shape index (κ3) is 2.86. The zero-order valence-corrected chi connectivity index (χ0v) is 11.8. The maximum atomic E-state index is 10.6. The van der Waals surface area contributed by atoms with Crippen LogP contribution in [0.4, 0.5) is 0 Å². The molecular weight excluding hydrogens is 274 g/mol. The van der Waals surface area contributed by atoms with Gasteiger partial charge in [-0.1, -0.05) is 6.07 Å². The van der Waals surface area contributed by atoms with Crippen molar-refractivity contribution in [2.24, 2.45) is 0 Å². The van der Waals surface area contributed by atoms with Gasteiger partial charge in [-0.05, 0) is 12.1 Å². The molecule has 3 rings (SSSR count). The van der Waals surface area contributed by atoms with E-state index in [0.29, 0.717) is 6.54 Å². The van der Waals surface area contributed by atoms with Crippen LogP contribution in [-0.4, -0.2) is 39.0 Å². The Morgan fingerprint density at radius 2 is 2.35 bits per heavy atom. The number of aliphatic carboxylic acids is 1. The average molecular weight is 289 g/mol. The van der Waals surface area contributed by atoms with Crippen molar-refractivity contribution in [1.82, 2.24) is 14.9 Å². The molecule has 0 aliphatic carbocycles. The predicted octanol–water partition coefficient (Wildman–Crippen LogP) is 2.04. The molecule has 1 aliphatic rings. The minimum atomic E-state index is -0.741. The number of nitrogens with zero attached hydrogens (tertiary/aromatic N) is 3. The van der Waals surface area contributed by atoms with Gasteiger partial charge in [-0.15, -0.1) is 11.3 Å². The van der Waals surface area contributed by atoms with E-state index in [0.717, 1.165) is 35.9 Å². The smallest absolute Gasteiger partial charge is 0.304 e. The second-order valence-corrected chi connectivity index (χ2v) is 5.86. The topological polar surface area (TPSA) is 66.3 Å². The third-order valence-corrected chi connectivity index (χ3v) is 4.44. The fraction of sp³-hybridized carbons (Fsp3) is 0.357. The van der Waals surface area contributed by atoms with E-state index in [-0.39, 0.29) is 6.42 Å². The highest BCUT2D eigenvalue weighted by Gasteiger charge is 2.21. The minimum Gasteiger partial charge on any atom is -0.481 e. The molecule has 1 N–H and O–H groups in total. The summed E-state index contributed by atoms with van der Waals surface area (Å²) < 4.78 is 0. The van der Waals surface area contributed by atoms with Crippen molar-refractivity contribution in [1.29, 1.82) is 0 Å². The largest absolute Gasteiger partial charge is 0.481 e. The summed E-state index contributed by atoms with van der Waals surface area (Å²) in [4.78, 5) is 23.0. The van der Waals surface area contributed by atoms with Gasteiger partial charge in [-0.2, -0.15) is 0 Å². The fourth-order valence-corrected chi connectivity index (χ4v) is 3.42. The third-order valence-electron chi connectivity index (χ3n) is 3.34. The Labute approximate surface area is 120 Å². The fourth-order valence-electron chi connectivity index (χ4n) is 2.29. The van der Waals surface area contributed by atoms with Gasteiger partial charge in [-0.3, -0.25) is 14.7 Å². The van der Waals surface area contributed by atoms with E-state index in [1.165, 1.54) is 4.88 Å². The van der Waals surface area contributed by atoms with Crippen molar-refractivity contribution in [2.75, 3.05) is 13.1 Å². The normalized spacial score (nSPS) is 15.0. The SMILES string of the molecule is O=C(O)CCN1CCc2nc(-c3ccccn3)sc2C1. The molecule has 6 heteroatoms. The van der Waals surface area contributed by atoms with Crippen LogP contribution in [0.15, 0.2) is 24.4 Å². The van der Waals surface area contributed by atoms with Gasteiger partial charge in [0.15, 0.2) is 0 Å². The Morgan fingerprint density at radius 1 is 1.45 bits per heavy atom. The van der Waals surface area contributed by atoms with Crippen LogP contribution in [0.2, 0.25) is 0 Å². The first-order valence-electron chi connectivity index (χ1n) is 6.56. The molecule has 0 radical (unpaired) electrons. The van der Waals surface area contributed by atoms with Crippen molar-refractivity contribution < 1.29 is 9.90 Å². The van der Waals surface area contributed by atoms with E-state index in [4.69, 9.17) is 5.11 Å². The van der Waals surface area contributed by atoms with Crippen LogP contribution in [-0.2, 0) is 17.8 Å². The van der Waals surface area contributed by atoms with Crippen LogP contribution < -0.4 is 0 Å². The highest BCUT2D eigenvalue weighted by Crippen LogP contribution is 2.30. The Bertz CT molecular complexity index is 612. The summed E-state index contributed by atoms with van der Waals surface area (Å²) in [5, 5.41) is 9.70. The first-order valence-corrected chi connectivity index (χ1v) is 7.38. The zero-order chi connectivity index (χ0) is 13.9. The molecule has 0 fully saturated rings. The summed E-state index contributed by atoms with van der Waals surface area (Å²) in [7, 11) is 0. The number of hydrogen-bond donors (Lipinski definition) is 1. The van der Waals surface area contributed by atoms with Crippen LogP contribution in [0.1, 0.15) is 17.0 Å². The molecule has 2 aromatic heterocycles. The summed E-state index contributed by atoms with van der Waals surface area (Å²) in [5.74, 6) is -0.741. The van der Waals surface area contributed by atoms with E-state index >= 15 is 0 Å². The molecule has 0 saturated heterocycles. The van der Waals surface area contributed by atoms with Gasteiger partial charge in [0.2, 0.25) is 0 Å². The predicted molar refractivity (Wildman–Crippen MR) is 76.6 cm³/mol. The lowest BCUT2D eigenvalue weighted by Crippen LogP contribution is -2.31. The molecule has 3 heterocycles. The van der Waals surface area contributed by atoms with Gasteiger partial charge < -0.3 is 5.11 Å². The number of hydrogen-bond acceptors (Lipinski definition) is 5. The molecule has 104 valence electrons. The molecule has 0 saturated carbocycles. The maximum absolute atomic E-state index is 10.6. The van der Waals surface area contributed by atoms with Crippen molar-refractivity contribution >= 4 is 17.3 Å². The van der Waals surface area contributed by atoms with Crippen molar-refractivity contribution in [3.05, 3.63) is 35.0 Å². The number of carboxylic acid groups (broad SMARTS) is 1. The second-order valence-electron chi connectivity index (χ2n) is 4.77. The van der Waals surface area contributed by atoms with E-state index < -0.39 is 5.97 Å². The molecule has 0 atom stereocenters. The summed E-state index contributed by atoms with van der Waals surface area (Å²) in [6.07, 6.45) is 2.86. The van der Waals surface area contributed by atoms with Crippen molar-refractivity contribution in [3.63, 3.8) is 0 Å². The van der Waals surface area contributed by atoms with Gasteiger partial charge in [0.25, 0.3) is 0 Å². The van der Waals surface area contributed by atoms with Gasteiger partial charge in [-0.25, -0.2) is 4.98 Å². The average Bonchev–Trinajstić information content (AvgIpc) is 2.89. The lowest BCUT2D eigenvalue weighted by Gasteiger charge is -2.24. The van der Waals surface area contributed by atoms with Crippen LogP contribution in [0, 0.1) is 0 Å². The molecular formula is C14H15N3O2S.